The van der Waals surface area contributed by atoms with Crippen molar-refractivity contribution in [2.45, 2.75) is 56.7 Å². The largest absolute Gasteiger partial charge is 0.497 e. The second-order valence-electron chi connectivity index (χ2n) is 5.93. The van der Waals surface area contributed by atoms with Crippen LogP contribution in [-0.4, -0.2) is 19.2 Å². The first-order valence-corrected chi connectivity index (χ1v) is 7.44. The van der Waals surface area contributed by atoms with Crippen LogP contribution in [0.5, 0.6) is 5.75 Å². The highest BCUT2D eigenvalue weighted by Gasteiger charge is 2.27. The maximum atomic E-state index is 5.98. The van der Waals surface area contributed by atoms with Gasteiger partial charge in [0.15, 0.2) is 0 Å². The van der Waals surface area contributed by atoms with Crippen molar-refractivity contribution in [1.29, 1.82) is 0 Å². The molecule has 0 radical (unpaired) electrons. The summed E-state index contributed by atoms with van der Waals surface area (Å²) in [5.74, 6) is 0.970. The number of hydrogen-bond acceptors (Lipinski definition) is 3. The standard InChI is InChI=1S/C16H24N2O/c1-19-14-8-2-11-3-9-16(15(11)10-14)18-13-6-4-12(17)5-7-13/h2,8,10,12-13,16,18H,3-7,9,17H2,1H3. The molecule has 104 valence electrons. The van der Waals surface area contributed by atoms with Crippen LogP contribution in [0.2, 0.25) is 0 Å². The molecule has 2 aliphatic carbocycles. The van der Waals surface area contributed by atoms with Crippen molar-refractivity contribution < 1.29 is 4.74 Å². The van der Waals surface area contributed by atoms with Crippen LogP contribution in [0.15, 0.2) is 18.2 Å². The van der Waals surface area contributed by atoms with Crippen LogP contribution in [-0.2, 0) is 6.42 Å². The van der Waals surface area contributed by atoms with Crippen LogP contribution in [0.3, 0.4) is 0 Å². The fraction of sp³-hybridized carbons (Fsp3) is 0.625. The number of aryl methyl sites for hydroxylation is 1. The van der Waals surface area contributed by atoms with E-state index in [1.165, 1.54) is 36.8 Å². The van der Waals surface area contributed by atoms with Gasteiger partial charge in [0.05, 0.1) is 7.11 Å². The third kappa shape index (κ3) is 2.77. The summed E-state index contributed by atoms with van der Waals surface area (Å²) < 4.78 is 5.35. The molecule has 3 heteroatoms. The van der Waals surface area contributed by atoms with Gasteiger partial charge >= 0.3 is 0 Å². The fourth-order valence-electron chi connectivity index (χ4n) is 3.45. The summed E-state index contributed by atoms with van der Waals surface area (Å²) >= 11 is 0. The molecule has 0 spiro atoms. The Hall–Kier alpha value is -1.06. The van der Waals surface area contributed by atoms with Gasteiger partial charge in [-0.1, -0.05) is 6.07 Å². The zero-order chi connectivity index (χ0) is 13.2. The number of methoxy groups -OCH3 is 1. The lowest BCUT2D eigenvalue weighted by atomic mass is 9.91. The summed E-state index contributed by atoms with van der Waals surface area (Å²) in [6.07, 6.45) is 7.16. The van der Waals surface area contributed by atoms with Crippen LogP contribution < -0.4 is 15.8 Å². The molecule has 3 rings (SSSR count). The van der Waals surface area contributed by atoms with Crippen molar-refractivity contribution in [2.24, 2.45) is 5.73 Å². The number of benzene rings is 1. The number of fused-ring (bicyclic) bond motifs is 1. The first-order chi connectivity index (χ1) is 9.26. The van der Waals surface area contributed by atoms with Crippen molar-refractivity contribution >= 4 is 0 Å². The monoisotopic (exact) mass is 260 g/mol. The van der Waals surface area contributed by atoms with E-state index >= 15 is 0 Å². The molecule has 1 aromatic carbocycles. The summed E-state index contributed by atoms with van der Waals surface area (Å²) in [4.78, 5) is 0. The number of hydrogen-bond donors (Lipinski definition) is 2. The van der Waals surface area contributed by atoms with Gasteiger partial charge in [0, 0.05) is 18.1 Å². The summed E-state index contributed by atoms with van der Waals surface area (Å²) in [5.41, 5.74) is 8.89. The molecule has 0 heterocycles. The highest BCUT2D eigenvalue weighted by molar-refractivity contribution is 5.40. The summed E-state index contributed by atoms with van der Waals surface area (Å²) in [6, 6.07) is 8.06. The third-order valence-electron chi connectivity index (χ3n) is 4.64. The SMILES string of the molecule is COc1ccc2c(c1)C(NC1CCC(N)CC1)CC2. The molecule has 3 N–H and O–H groups in total. The molecule has 0 aromatic heterocycles. The van der Waals surface area contributed by atoms with E-state index in [1.54, 1.807) is 7.11 Å². The number of rotatable bonds is 3. The quantitative estimate of drug-likeness (QED) is 0.878. The average Bonchev–Trinajstić information content (AvgIpc) is 2.84. The van der Waals surface area contributed by atoms with Crippen LogP contribution in [0, 0.1) is 0 Å². The summed E-state index contributed by atoms with van der Waals surface area (Å²) in [5, 5.41) is 3.83. The minimum atomic E-state index is 0.425. The van der Waals surface area contributed by atoms with Gasteiger partial charge in [-0.25, -0.2) is 0 Å². The summed E-state index contributed by atoms with van der Waals surface area (Å²) in [7, 11) is 1.74. The maximum absolute atomic E-state index is 5.98. The Morgan fingerprint density at radius 2 is 1.95 bits per heavy atom. The Bertz CT molecular complexity index is 438. The van der Waals surface area contributed by atoms with E-state index in [0.29, 0.717) is 18.1 Å². The molecule has 0 bridgehead atoms. The predicted molar refractivity (Wildman–Crippen MR) is 77.4 cm³/mol. The summed E-state index contributed by atoms with van der Waals surface area (Å²) in [6.45, 7) is 0. The molecule has 0 amide bonds. The topological polar surface area (TPSA) is 47.3 Å². The number of nitrogens with two attached hydrogens (primary N) is 1. The van der Waals surface area contributed by atoms with E-state index < -0.39 is 0 Å². The normalized spacial score (nSPS) is 30.1. The van der Waals surface area contributed by atoms with Gasteiger partial charge in [0.2, 0.25) is 0 Å². The molecule has 3 nitrogen and oxygen atoms in total. The number of ether oxygens (including phenoxy) is 1. The van der Waals surface area contributed by atoms with Gasteiger partial charge in [-0.05, 0) is 61.8 Å². The highest BCUT2D eigenvalue weighted by Crippen LogP contribution is 2.35. The lowest BCUT2D eigenvalue weighted by Crippen LogP contribution is -2.38. The Labute approximate surface area is 115 Å². The van der Waals surface area contributed by atoms with E-state index in [9.17, 15) is 0 Å². The van der Waals surface area contributed by atoms with Crippen molar-refractivity contribution in [2.75, 3.05) is 7.11 Å². The Morgan fingerprint density at radius 1 is 1.16 bits per heavy atom. The van der Waals surface area contributed by atoms with Gasteiger partial charge in [-0.3, -0.25) is 0 Å². The zero-order valence-corrected chi connectivity index (χ0v) is 11.7. The van der Waals surface area contributed by atoms with Crippen molar-refractivity contribution in [3.63, 3.8) is 0 Å². The highest BCUT2D eigenvalue weighted by atomic mass is 16.5. The van der Waals surface area contributed by atoms with Crippen LogP contribution >= 0.6 is 0 Å². The van der Waals surface area contributed by atoms with Crippen LogP contribution in [0.25, 0.3) is 0 Å². The molecular weight excluding hydrogens is 236 g/mol. The fourth-order valence-corrected chi connectivity index (χ4v) is 3.45. The van der Waals surface area contributed by atoms with E-state index in [1.807, 2.05) is 0 Å². The molecule has 0 aliphatic heterocycles. The lowest BCUT2D eigenvalue weighted by molar-refractivity contribution is 0.314. The van der Waals surface area contributed by atoms with Gasteiger partial charge in [0.25, 0.3) is 0 Å². The Morgan fingerprint density at radius 3 is 2.68 bits per heavy atom. The first kappa shape index (κ1) is 12.9. The van der Waals surface area contributed by atoms with E-state index in [-0.39, 0.29) is 0 Å². The second kappa shape index (κ2) is 5.51. The molecule has 0 saturated heterocycles. The molecule has 1 fully saturated rings. The minimum absolute atomic E-state index is 0.425. The second-order valence-corrected chi connectivity index (χ2v) is 5.93. The van der Waals surface area contributed by atoms with Crippen LogP contribution in [0.4, 0.5) is 0 Å². The molecule has 2 aliphatic rings. The average molecular weight is 260 g/mol. The third-order valence-corrected chi connectivity index (χ3v) is 4.64. The van der Waals surface area contributed by atoms with Gasteiger partial charge < -0.3 is 15.8 Å². The smallest absolute Gasteiger partial charge is 0.119 e. The Kier molecular flexibility index (Phi) is 3.76. The molecule has 19 heavy (non-hydrogen) atoms. The molecular formula is C16H24N2O. The molecule has 1 unspecified atom stereocenters. The Balaban J connectivity index is 1.68. The first-order valence-electron chi connectivity index (χ1n) is 7.44. The lowest BCUT2D eigenvalue weighted by Gasteiger charge is -2.29. The zero-order valence-electron chi connectivity index (χ0n) is 11.7. The van der Waals surface area contributed by atoms with Crippen molar-refractivity contribution in [1.82, 2.24) is 5.32 Å². The van der Waals surface area contributed by atoms with E-state index in [2.05, 4.69) is 23.5 Å². The van der Waals surface area contributed by atoms with Crippen molar-refractivity contribution in [3.8, 4) is 5.75 Å². The van der Waals surface area contributed by atoms with E-state index in [4.69, 9.17) is 10.5 Å². The van der Waals surface area contributed by atoms with Crippen LogP contribution in [0.1, 0.15) is 49.3 Å². The van der Waals surface area contributed by atoms with Gasteiger partial charge in [-0.2, -0.15) is 0 Å². The molecule has 1 aromatic rings. The minimum Gasteiger partial charge on any atom is -0.497 e. The molecule has 1 saturated carbocycles. The predicted octanol–water partition coefficient (Wildman–Crippen LogP) is 2.54. The van der Waals surface area contributed by atoms with Gasteiger partial charge in [-0.15, -0.1) is 0 Å². The van der Waals surface area contributed by atoms with Crippen molar-refractivity contribution in [3.05, 3.63) is 29.3 Å². The van der Waals surface area contributed by atoms with Gasteiger partial charge in [0.1, 0.15) is 5.75 Å². The molecule has 1 atom stereocenters. The number of nitrogens with one attached hydrogen (secondary N) is 1. The maximum Gasteiger partial charge on any atom is 0.119 e. The van der Waals surface area contributed by atoms with E-state index in [0.717, 1.165) is 18.6 Å².